The molecule has 2 rings (SSSR count). The Labute approximate surface area is 103 Å². The number of nitrogens with zero attached hydrogens (tertiary/aromatic N) is 2. The number of hydrogen-bond acceptors (Lipinski definition) is 4. The first-order chi connectivity index (χ1) is 8.74. The van der Waals surface area contributed by atoms with Gasteiger partial charge in [-0.2, -0.15) is 10.5 Å². The molecule has 0 aliphatic heterocycles. The molecule has 2 aromatic rings. The number of H-pyrrole nitrogens is 1. The monoisotopic (exact) mass is 236 g/mol. The first kappa shape index (κ1) is 11.4. The minimum atomic E-state index is -0.180. The summed E-state index contributed by atoms with van der Waals surface area (Å²) in [6.45, 7) is 0. The molecule has 0 bridgehead atoms. The molecular weight excluding hydrogens is 228 g/mol. The van der Waals surface area contributed by atoms with Gasteiger partial charge in [0.25, 0.3) is 5.56 Å². The van der Waals surface area contributed by atoms with Crippen molar-refractivity contribution in [2.45, 2.75) is 0 Å². The van der Waals surface area contributed by atoms with E-state index in [9.17, 15) is 4.79 Å². The van der Waals surface area contributed by atoms with Crippen molar-refractivity contribution in [3.05, 3.63) is 52.6 Å². The van der Waals surface area contributed by atoms with Crippen molar-refractivity contribution in [3.63, 3.8) is 0 Å². The molecule has 2 N–H and O–H groups in total. The fourth-order valence-corrected chi connectivity index (χ4v) is 1.52. The summed E-state index contributed by atoms with van der Waals surface area (Å²) >= 11 is 0. The van der Waals surface area contributed by atoms with E-state index in [2.05, 4.69) is 10.3 Å². The summed E-state index contributed by atoms with van der Waals surface area (Å²) in [5.41, 5.74) is 0.431. The number of aromatic nitrogens is 1. The lowest BCUT2D eigenvalue weighted by Gasteiger charge is -2.02. The smallest absolute Gasteiger partial charge is 0.255 e. The molecule has 18 heavy (non-hydrogen) atoms. The van der Waals surface area contributed by atoms with E-state index in [4.69, 9.17) is 10.5 Å². The van der Waals surface area contributed by atoms with Gasteiger partial charge in [0.05, 0.1) is 0 Å². The zero-order valence-corrected chi connectivity index (χ0v) is 9.27. The van der Waals surface area contributed by atoms with Crippen LogP contribution < -0.4 is 10.9 Å². The number of nitriles is 2. The second-order valence-corrected chi connectivity index (χ2v) is 3.53. The predicted molar refractivity (Wildman–Crippen MR) is 67.5 cm³/mol. The lowest BCUT2D eigenvalue weighted by molar-refractivity contribution is 1.28. The lowest BCUT2D eigenvalue weighted by Crippen LogP contribution is -2.04. The molecule has 5 nitrogen and oxygen atoms in total. The molecule has 1 aromatic heterocycles. The van der Waals surface area contributed by atoms with Gasteiger partial charge in [-0.3, -0.25) is 4.79 Å². The third-order valence-electron chi connectivity index (χ3n) is 2.40. The maximum absolute atomic E-state index is 11.6. The van der Waals surface area contributed by atoms with Crippen molar-refractivity contribution < 1.29 is 0 Å². The van der Waals surface area contributed by atoms with Crippen LogP contribution in [0.3, 0.4) is 0 Å². The molecule has 86 valence electrons. The fraction of sp³-hybridized carbons (Fsp3) is 0. The van der Waals surface area contributed by atoms with Crippen LogP contribution in [0.15, 0.2) is 47.0 Å². The van der Waals surface area contributed by atoms with Gasteiger partial charge >= 0.3 is 0 Å². The summed E-state index contributed by atoms with van der Waals surface area (Å²) < 4.78 is 0. The average molecular weight is 236 g/mol. The molecule has 0 spiro atoms. The fourth-order valence-electron chi connectivity index (χ4n) is 1.52. The van der Waals surface area contributed by atoms with Crippen molar-refractivity contribution in [2.75, 3.05) is 5.32 Å². The van der Waals surface area contributed by atoms with Crippen LogP contribution in [0.4, 0.5) is 5.69 Å². The third-order valence-corrected chi connectivity index (χ3v) is 2.40. The normalized spacial score (nSPS) is 9.22. The number of allylic oxidation sites excluding steroid dienone is 1. The van der Waals surface area contributed by atoms with Crippen LogP contribution in [-0.4, -0.2) is 4.98 Å². The Morgan fingerprint density at radius 1 is 1.28 bits per heavy atom. The first-order valence-electron chi connectivity index (χ1n) is 5.13. The molecule has 5 heteroatoms. The highest BCUT2D eigenvalue weighted by atomic mass is 16.1. The van der Waals surface area contributed by atoms with Crippen molar-refractivity contribution in [1.29, 1.82) is 10.5 Å². The second-order valence-electron chi connectivity index (χ2n) is 3.53. The Hall–Kier alpha value is -3.05. The zero-order chi connectivity index (χ0) is 13.0. The zero-order valence-electron chi connectivity index (χ0n) is 9.27. The third kappa shape index (κ3) is 2.21. The maximum Gasteiger partial charge on any atom is 0.255 e. The van der Waals surface area contributed by atoms with Gasteiger partial charge in [0.2, 0.25) is 0 Å². The van der Waals surface area contributed by atoms with Crippen molar-refractivity contribution in [3.8, 4) is 12.1 Å². The molecule has 1 aromatic carbocycles. The number of pyridine rings is 1. The van der Waals surface area contributed by atoms with Gasteiger partial charge < -0.3 is 10.3 Å². The molecule has 0 saturated heterocycles. The number of hydrogen-bond donors (Lipinski definition) is 2. The second kappa shape index (κ2) is 4.86. The van der Waals surface area contributed by atoms with Crippen LogP contribution in [0.5, 0.6) is 0 Å². The summed E-state index contributed by atoms with van der Waals surface area (Å²) in [5, 5.41) is 21.3. The van der Waals surface area contributed by atoms with Gasteiger partial charge in [-0.1, -0.05) is 6.07 Å². The van der Waals surface area contributed by atoms with E-state index >= 15 is 0 Å². The van der Waals surface area contributed by atoms with E-state index < -0.39 is 0 Å². The molecule has 0 aliphatic rings. The van der Waals surface area contributed by atoms with E-state index in [1.807, 2.05) is 0 Å². The molecular formula is C13H8N4O. The van der Waals surface area contributed by atoms with Crippen LogP contribution in [0, 0.1) is 22.7 Å². The Bertz CT molecular complexity index is 743. The van der Waals surface area contributed by atoms with Crippen LogP contribution in [0.25, 0.3) is 10.8 Å². The number of anilines is 1. The minimum Gasteiger partial charge on any atom is -0.360 e. The topological polar surface area (TPSA) is 92.5 Å². The maximum atomic E-state index is 11.6. The lowest BCUT2D eigenvalue weighted by atomic mass is 10.1. The standard InChI is InChI=1S/C13H8N4O/c14-6-9(7-15)8-17-11-2-1-10-3-4-16-13(18)12(10)5-11/h1-5,8,17H,(H,16,18). The van der Waals surface area contributed by atoms with Gasteiger partial charge in [-0.05, 0) is 23.6 Å². The summed E-state index contributed by atoms with van der Waals surface area (Å²) in [4.78, 5) is 14.2. The van der Waals surface area contributed by atoms with Crippen LogP contribution in [-0.2, 0) is 0 Å². The Balaban J connectivity index is 2.41. The highest BCUT2D eigenvalue weighted by Gasteiger charge is 1.99. The summed E-state index contributed by atoms with van der Waals surface area (Å²) in [6, 6.07) is 10.5. The number of fused-ring (bicyclic) bond motifs is 1. The van der Waals surface area contributed by atoms with Crippen LogP contribution in [0.1, 0.15) is 0 Å². The van der Waals surface area contributed by atoms with Crippen LogP contribution >= 0.6 is 0 Å². The quantitative estimate of drug-likeness (QED) is 0.778. The van der Waals surface area contributed by atoms with Gasteiger partial charge in [0, 0.05) is 23.5 Å². The summed E-state index contributed by atoms with van der Waals surface area (Å²) in [5.74, 6) is 0. The predicted octanol–water partition coefficient (Wildman–Crippen LogP) is 1.87. The van der Waals surface area contributed by atoms with Gasteiger partial charge in [0.15, 0.2) is 0 Å². The average Bonchev–Trinajstić information content (AvgIpc) is 2.41. The number of aromatic amines is 1. The van der Waals surface area contributed by atoms with Crippen molar-refractivity contribution in [2.24, 2.45) is 0 Å². The van der Waals surface area contributed by atoms with E-state index in [0.29, 0.717) is 11.1 Å². The molecule has 0 radical (unpaired) electrons. The molecule has 0 saturated carbocycles. The first-order valence-corrected chi connectivity index (χ1v) is 5.13. The molecule has 0 amide bonds. The molecule has 0 aliphatic carbocycles. The Morgan fingerprint density at radius 3 is 2.78 bits per heavy atom. The minimum absolute atomic E-state index is 0.0305. The number of benzene rings is 1. The number of nitrogens with one attached hydrogen (secondary N) is 2. The Kier molecular flexibility index (Phi) is 3.08. The van der Waals surface area contributed by atoms with E-state index in [1.54, 1.807) is 42.6 Å². The largest absolute Gasteiger partial charge is 0.360 e. The summed E-state index contributed by atoms with van der Waals surface area (Å²) in [7, 11) is 0. The molecule has 1 heterocycles. The van der Waals surface area contributed by atoms with E-state index in [-0.39, 0.29) is 11.1 Å². The van der Waals surface area contributed by atoms with E-state index in [1.165, 1.54) is 6.20 Å². The molecule has 0 atom stereocenters. The highest BCUT2D eigenvalue weighted by Crippen LogP contribution is 2.15. The summed E-state index contributed by atoms with van der Waals surface area (Å²) in [6.07, 6.45) is 2.89. The van der Waals surface area contributed by atoms with Crippen molar-refractivity contribution >= 4 is 16.5 Å². The van der Waals surface area contributed by atoms with E-state index in [0.717, 1.165) is 5.39 Å². The van der Waals surface area contributed by atoms with Crippen molar-refractivity contribution in [1.82, 2.24) is 4.98 Å². The van der Waals surface area contributed by atoms with Gasteiger partial charge in [0.1, 0.15) is 17.7 Å². The van der Waals surface area contributed by atoms with Gasteiger partial charge in [-0.25, -0.2) is 0 Å². The number of rotatable bonds is 2. The SMILES string of the molecule is N#CC(C#N)=CNc1ccc2cc[nH]c(=O)c2c1. The Morgan fingerprint density at radius 2 is 2.06 bits per heavy atom. The van der Waals surface area contributed by atoms with Crippen LogP contribution in [0.2, 0.25) is 0 Å². The molecule has 0 unspecified atom stereocenters. The molecule has 0 fully saturated rings. The van der Waals surface area contributed by atoms with Gasteiger partial charge in [-0.15, -0.1) is 0 Å². The highest BCUT2D eigenvalue weighted by molar-refractivity contribution is 5.84.